The second-order valence-electron chi connectivity index (χ2n) is 5.35. The quantitative estimate of drug-likeness (QED) is 0.657. The van der Waals surface area contributed by atoms with Crippen molar-refractivity contribution in [3.8, 4) is 0 Å². The molecular weight excluding hydrogens is 204 g/mol. The van der Waals surface area contributed by atoms with Crippen molar-refractivity contribution >= 4 is 11.7 Å². The van der Waals surface area contributed by atoms with Crippen LogP contribution < -0.4 is 0 Å². The Balaban J connectivity index is 2.21. The van der Waals surface area contributed by atoms with Crippen LogP contribution in [0.3, 0.4) is 0 Å². The summed E-state index contributed by atoms with van der Waals surface area (Å²) < 4.78 is 0. The number of likely N-dealkylation sites (N-methyl/N-ethyl adjacent to an activating group) is 1. The van der Waals surface area contributed by atoms with Crippen LogP contribution in [0.5, 0.6) is 0 Å². The summed E-state index contributed by atoms with van der Waals surface area (Å²) >= 11 is 0. The van der Waals surface area contributed by atoms with Crippen molar-refractivity contribution in [1.29, 1.82) is 0 Å². The maximum atomic E-state index is 12.1. The molecule has 0 aromatic rings. The zero-order chi connectivity index (χ0) is 11.9. The average Bonchev–Trinajstić information content (AvgIpc) is 2.62. The molecule has 1 saturated heterocycles. The van der Waals surface area contributed by atoms with Gasteiger partial charge in [0.25, 0.3) is 0 Å². The molecule has 0 aromatic carbocycles. The van der Waals surface area contributed by atoms with Gasteiger partial charge in [-0.3, -0.25) is 14.5 Å². The van der Waals surface area contributed by atoms with Crippen molar-refractivity contribution in [3.05, 3.63) is 0 Å². The largest absolute Gasteiger partial charge is 0.343 e. The molecule has 0 radical (unpaired) electrons. The highest BCUT2D eigenvalue weighted by Crippen LogP contribution is 2.30. The minimum atomic E-state index is -0.530. The highest BCUT2D eigenvalue weighted by molar-refractivity contribution is 5.90. The highest BCUT2D eigenvalue weighted by atomic mass is 16.2. The number of hydrogen-bond donors (Lipinski definition) is 0. The standard InChI is InChI=1S/C12H20N2O2/c1-12(2)11(16)13(3)7-8-14(12)9-5-4-6-10(9)15/h9H,4-8H2,1-3H3. The molecule has 1 atom stereocenters. The Morgan fingerprint density at radius 1 is 1.25 bits per heavy atom. The van der Waals surface area contributed by atoms with Crippen LogP contribution in [0.25, 0.3) is 0 Å². The molecule has 4 heteroatoms. The number of carbonyl (C=O) groups excluding carboxylic acids is 2. The van der Waals surface area contributed by atoms with Gasteiger partial charge in [0.2, 0.25) is 5.91 Å². The monoisotopic (exact) mass is 224 g/mol. The molecule has 1 heterocycles. The molecule has 1 aliphatic carbocycles. The summed E-state index contributed by atoms with van der Waals surface area (Å²) in [6.45, 7) is 5.39. The van der Waals surface area contributed by atoms with Crippen molar-refractivity contribution in [2.75, 3.05) is 20.1 Å². The van der Waals surface area contributed by atoms with E-state index in [-0.39, 0.29) is 11.9 Å². The average molecular weight is 224 g/mol. The molecule has 0 spiro atoms. The summed E-state index contributed by atoms with van der Waals surface area (Å²) in [6.07, 6.45) is 2.57. The third kappa shape index (κ3) is 1.65. The Kier molecular flexibility index (Phi) is 2.78. The first-order chi connectivity index (χ1) is 7.44. The lowest BCUT2D eigenvalue weighted by molar-refractivity contribution is -0.151. The van der Waals surface area contributed by atoms with E-state index >= 15 is 0 Å². The fourth-order valence-corrected chi connectivity index (χ4v) is 2.90. The first-order valence-electron chi connectivity index (χ1n) is 5.99. The fourth-order valence-electron chi connectivity index (χ4n) is 2.90. The highest BCUT2D eigenvalue weighted by Gasteiger charge is 2.46. The first-order valence-corrected chi connectivity index (χ1v) is 5.99. The summed E-state index contributed by atoms with van der Waals surface area (Å²) in [7, 11) is 1.83. The molecular formula is C12H20N2O2. The Bertz CT molecular complexity index is 325. The number of ketones is 1. The molecule has 2 fully saturated rings. The number of piperazine rings is 1. The molecule has 90 valence electrons. The van der Waals surface area contributed by atoms with E-state index in [9.17, 15) is 9.59 Å². The first kappa shape index (κ1) is 11.6. The predicted octanol–water partition coefficient (Wildman–Crippen LogP) is 0.661. The molecule has 1 saturated carbocycles. The van der Waals surface area contributed by atoms with E-state index in [1.807, 2.05) is 20.9 Å². The Morgan fingerprint density at radius 3 is 2.50 bits per heavy atom. The number of carbonyl (C=O) groups is 2. The van der Waals surface area contributed by atoms with Gasteiger partial charge in [0.1, 0.15) is 5.78 Å². The van der Waals surface area contributed by atoms with Crippen LogP contribution in [-0.4, -0.2) is 53.2 Å². The summed E-state index contributed by atoms with van der Waals surface area (Å²) in [4.78, 5) is 27.7. The van der Waals surface area contributed by atoms with E-state index in [4.69, 9.17) is 0 Å². The minimum Gasteiger partial charge on any atom is -0.343 e. The van der Waals surface area contributed by atoms with Crippen LogP contribution in [0.15, 0.2) is 0 Å². The molecule has 2 rings (SSSR count). The van der Waals surface area contributed by atoms with Crippen LogP contribution in [0.1, 0.15) is 33.1 Å². The van der Waals surface area contributed by atoms with Gasteiger partial charge in [-0.2, -0.15) is 0 Å². The molecule has 1 unspecified atom stereocenters. The second kappa shape index (κ2) is 3.84. The molecule has 0 aromatic heterocycles. The number of rotatable bonds is 1. The molecule has 1 aliphatic heterocycles. The summed E-state index contributed by atoms with van der Waals surface area (Å²) in [5, 5.41) is 0. The Labute approximate surface area is 96.6 Å². The fraction of sp³-hybridized carbons (Fsp3) is 0.833. The van der Waals surface area contributed by atoms with E-state index in [0.717, 1.165) is 25.9 Å². The summed E-state index contributed by atoms with van der Waals surface area (Å²) in [5.74, 6) is 0.434. The maximum Gasteiger partial charge on any atom is 0.242 e. The Hall–Kier alpha value is -0.900. The van der Waals surface area contributed by atoms with E-state index in [1.54, 1.807) is 4.90 Å². The van der Waals surface area contributed by atoms with Crippen molar-refractivity contribution in [2.45, 2.75) is 44.7 Å². The SMILES string of the molecule is CN1CCN(C2CCCC2=O)C(C)(C)C1=O. The topological polar surface area (TPSA) is 40.6 Å². The van der Waals surface area contributed by atoms with Crippen LogP contribution in [-0.2, 0) is 9.59 Å². The maximum absolute atomic E-state index is 12.1. The molecule has 0 bridgehead atoms. The van der Waals surface area contributed by atoms with Gasteiger partial charge < -0.3 is 4.90 Å². The normalized spacial score (nSPS) is 31.2. The van der Waals surface area contributed by atoms with Gasteiger partial charge in [-0.05, 0) is 26.7 Å². The molecule has 16 heavy (non-hydrogen) atoms. The lowest BCUT2D eigenvalue weighted by atomic mass is 9.94. The van der Waals surface area contributed by atoms with Gasteiger partial charge in [-0.1, -0.05) is 0 Å². The lowest BCUT2D eigenvalue weighted by Gasteiger charge is -2.47. The van der Waals surface area contributed by atoms with Crippen molar-refractivity contribution in [3.63, 3.8) is 0 Å². The van der Waals surface area contributed by atoms with Gasteiger partial charge in [0.05, 0.1) is 11.6 Å². The van der Waals surface area contributed by atoms with Gasteiger partial charge in [0.15, 0.2) is 0 Å². The molecule has 0 N–H and O–H groups in total. The van der Waals surface area contributed by atoms with Gasteiger partial charge >= 0.3 is 0 Å². The number of Topliss-reactive ketones (excluding diaryl/α,β-unsaturated/α-hetero) is 1. The summed E-state index contributed by atoms with van der Waals surface area (Å²) in [5.41, 5.74) is -0.530. The summed E-state index contributed by atoms with van der Waals surface area (Å²) in [6, 6.07) is -0.0207. The smallest absolute Gasteiger partial charge is 0.242 e. The predicted molar refractivity (Wildman–Crippen MR) is 61.1 cm³/mol. The van der Waals surface area contributed by atoms with Crippen LogP contribution >= 0.6 is 0 Å². The van der Waals surface area contributed by atoms with Crippen molar-refractivity contribution in [1.82, 2.24) is 9.80 Å². The zero-order valence-corrected chi connectivity index (χ0v) is 10.3. The van der Waals surface area contributed by atoms with Crippen LogP contribution in [0, 0.1) is 0 Å². The van der Waals surface area contributed by atoms with Gasteiger partial charge in [-0.15, -0.1) is 0 Å². The van der Waals surface area contributed by atoms with Gasteiger partial charge in [0, 0.05) is 26.6 Å². The third-order valence-corrected chi connectivity index (χ3v) is 3.91. The van der Waals surface area contributed by atoms with Gasteiger partial charge in [-0.25, -0.2) is 0 Å². The third-order valence-electron chi connectivity index (χ3n) is 3.91. The minimum absolute atomic E-state index is 0.0207. The van der Waals surface area contributed by atoms with Crippen LogP contribution in [0.4, 0.5) is 0 Å². The number of nitrogens with zero attached hydrogens (tertiary/aromatic N) is 2. The van der Waals surface area contributed by atoms with Crippen LogP contribution in [0.2, 0.25) is 0 Å². The number of amides is 1. The van der Waals surface area contributed by atoms with Crippen molar-refractivity contribution < 1.29 is 9.59 Å². The van der Waals surface area contributed by atoms with Crippen molar-refractivity contribution in [2.24, 2.45) is 0 Å². The van der Waals surface area contributed by atoms with E-state index in [2.05, 4.69) is 4.90 Å². The zero-order valence-electron chi connectivity index (χ0n) is 10.3. The van der Waals surface area contributed by atoms with E-state index in [0.29, 0.717) is 12.2 Å². The van der Waals surface area contributed by atoms with E-state index < -0.39 is 5.54 Å². The number of hydrogen-bond acceptors (Lipinski definition) is 3. The molecule has 4 nitrogen and oxygen atoms in total. The second-order valence-corrected chi connectivity index (χ2v) is 5.35. The lowest BCUT2D eigenvalue weighted by Crippen LogP contribution is -2.65. The van der Waals surface area contributed by atoms with E-state index in [1.165, 1.54) is 0 Å². The molecule has 1 amide bonds. The molecule has 2 aliphatic rings. The Morgan fingerprint density at radius 2 is 1.94 bits per heavy atom.